The fourth-order valence-corrected chi connectivity index (χ4v) is 2.55. The zero-order valence-corrected chi connectivity index (χ0v) is 12.4. The van der Waals surface area contributed by atoms with E-state index in [1.54, 1.807) is 0 Å². The predicted octanol–water partition coefficient (Wildman–Crippen LogP) is 3.02. The van der Waals surface area contributed by atoms with Crippen LogP contribution in [0.5, 0.6) is 0 Å². The number of nitrogens with zero attached hydrogens (tertiary/aromatic N) is 1. The molecule has 5 nitrogen and oxygen atoms in total. The zero-order valence-electron chi connectivity index (χ0n) is 11.6. The topological polar surface area (TPSA) is 67.8 Å². The Labute approximate surface area is 126 Å². The Morgan fingerprint density at radius 1 is 1.14 bits per heavy atom. The zero-order chi connectivity index (χ0) is 15.2. The summed E-state index contributed by atoms with van der Waals surface area (Å²) in [7, 11) is 0. The lowest BCUT2D eigenvalue weighted by Crippen LogP contribution is -2.11. The number of carbonyl (C=O) groups is 2. The maximum absolute atomic E-state index is 11.3. The van der Waals surface area contributed by atoms with Crippen LogP contribution in [0.2, 0.25) is 0 Å². The van der Waals surface area contributed by atoms with Crippen LogP contribution in [0.4, 0.5) is 5.00 Å². The van der Waals surface area contributed by atoms with Crippen molar-refractivity contribution in [3.63, 3.8) is 0 Å². The summed E-state index contributed by atoms with van der Waals surface area (Å²) in [6.07, 6.45) is 0. The lowest BCUT2D eigenvalue weighted by Gasteiger charge is -2.07. The summed E-state index contributed by atoms with van der Waals surface area (Å²) in [6, 6.07) is 11.2. The van der Waals surface area contributed by atoms with Gasteiger partial charge in [0.1, 0.15) is 10.7 Å². The third-order valence-corrected chi connectivity index (χ3v) is 3.35. The monoisotopic (exact) mass is 302 g/mol. The molecule has 1 heterocycles. The summed E-state index contributed by atoms with van der Waals surface area (Å²) in [4.78, 5) is 27.1. The Kier molecular flexibility index (Phi) is 4.84. The second-order valence-corrected chi connectivity index (χ2v) is 5.15. The van der Waals surface area contributed by atoms with Gasteiger partial charge < -0.3 is 10.2 Å². The Balaban J connectivity index is 2.45. The number of benzene rings is 1. The molecular formula is C15H14N2O3S. The molecule has 0 aliphatic rings. The minimum absolute atomic E-state index is 0.168. The van der Waals surface area contributed by atoms with Crippen LogP contribution >= 0.6 is 11.3 Å². The molecule has 0 saturated heterocycles. The molecular weight excluding hydrogens is 288 g/mol. The van der Waals surface area contributed by atoms with E-state index in [-0.39, 0.29) is 5.91 Å². The molecule has 6 heteroatoms. The second-order valence-electron chi connectivity index (χ2n) is 4.23. The Bertz CT molecular complexity index is 677. The van der Waals surface area contributed by atoms with Crippen LogP contribution in [0.25, 0.3) is 0 Å². The van der Waals surface area contributed by atoms with Gasteiger partial charge in [-0.1, -0.05) is 35.5 Å². The first-order chi connectivity index (χ1) is 10.1. The number of thiophene rings is 1. The van der Waals surface area contributed by atoms with Crippen molar-refractivity contribution >= 4 is 33.9 Å². The molecule has 0 atom stereocenters. The quantitative estimate of drug-likeness (QED) is 0.536. The molecule has 21 heavy (non-hydrogen) atoms. The van der Waals surface area contributed by atoms with Gasteiger partial charge in [-0.2, -0.15) is 0 Å². The summed E-state index contributed by atoms with van der Waals surface area (Å²) in [5, 5.41) is 9.18. The highest BCUT2D eigenvalue weighted by Crippen LogP contribution is 2.26. The van der Waals surface area contributed by atoms with Gasteiger partial charge in [0, 0.05) is 25.0 Å². The van der Waals surface area contributed by atoms with Crippen molar-refractivity contribution in [3.8, 4) is 0 Å². The lowest BCUT2D eigenvalue weighted by atomic mass is 10.0. The van der Waals surface area contributed by atoms with E-state index in [1.165, 1.54) is 25.2 Å². The van der Waals surface area contributed by atoms with Crippen LogP contribution in [0.1, 0.15) is 25.0 Å². The smallest absolute Gasteiger partial charge is 0.318 e. The number of anilines is 1. The molecule has 1 N–H and O–H groups in total. The van der Waals surface area contributed by atoms with Gasteiger partial charge in [0.2, 0.25) is 5.91 Å². The van der Waals surface area contributed by atoms with Gasteiger partial charge in [0.15, 0.2) is 0 Å². The molecule has 108 valence electrons. The minimum atomic E-state index is -0.500. The van der Waals surface area contributed by atoms with Crippen molar-refractivity contribution in [1.82, 2.24) is 0 Å². The van der Waals surface area contributed by atoms with Crippen molar-refractivity contribution in [2.75, 3.05) is 5.32 Å². The molecule has 0 unspecified atom stereocenters. The third-order valence-electron chi connectivity index (χ3n) is 2.52. The van der Waals surface area contributed by atoms with Crippen LogP contribution in [0.15, 0.2) is 46.9 Å². The minimum Gasteiger partial charge on any atom is -0.318 e. The van der Waals surface area contributed by atoms with Crippen LogP contribution < -0.4 is 5.32 Å². The molecule has 0 aliphatic heterocycles. The van der Waals surface area contributed by atoms with Crippen LogP contribution in [-0.2, 0) is 14.4 Å². The summed E-state index contributed by atoms with van der Waals surface area (Å²) in [5.74, 6) is -0.668. The van der Waals surface area contributed by atoms with E-state index in [9.17, 15) is 9.59 Å². The molecule has 1 aromatic heterocycles. The second kappa shape index (κ2) is 6.81. The molecule has 0 spiro atoms. The summed E-state index contributed by atoms with van der Waals surface area (Å²) >= 11 is 1.38. The molecule has 1 aromatic carbocycles. The van der Waals surface area contributed by atoms with Gasteiger partial charge in [-0.3, -0.25) is 4.79 Å². The molecule has 0 bridgehead atoms. The summed E-state index contributed by atoms with van der Waals surface area (Å²) in [5.41, 5.74) is 2.00. The highest BCUT2D eigenvalue weighted by Gasteiger charge is 2.15. The van der Waals surface area contributed by atoms with Gasteiger partial charge in [-0.15, -0.1) is 11.3 Å². The summed E-state index contributed by atoms with van der Waals surface area (Å²) < 4.78 is 0. The standard InChI is InChI=1S/C15H14N2O3S/c1-10(18)16-15-13(8-9-21-15)14(17-20-11(2)19)12-6-4-3-5-7-12/h3-9H,1-2H3,(H,16,18)/b17-14+. The van der Waals surface area contributed by atoms with Gasteiger partial charge in [0.25, 0.3) is 0 Å². The lowest BCUT2D eigenvalue weighted by molar-refractivity contribution is -0.140. The number of carbonyl (C=O) groups excluding carboxylic acids is 2. The first-order valence-electron chi connectivity index (χ1n) is 6.24. The Morgan fingerprint density at radius 3 is 2.48 bits per heavy atom. The number of amides is 1. The SMILES string of the molecule is CC(=O)Nc1sccc1/C(=N/OC(C)=O)c1ccccc1. The maximum atomic E-state index is 11.3. The van der Waals surface area contributed by atoms with Crippen molar-refractivity contribution in [3.05, 3.63) is 52.9 Å². The van der Waals surface area contributed by atoms with Crippen molar-refractivity contribution in [2.45, 2.75) is 13.8 Å². The molecule has 2 aromatic rings. The Morgan fingerprint density at radius 2 is 1.86 bits per heavy atom. The van der Waals surface area contributed by atoms with Gasteiger partial charge in [0.05, 0.1) is 0 Å². The maximum Gasteiger partial charge on any atom is 0.332 e. The van der Waals surface area contributed by atoms with Crippen molar-refractivity contribution in [1.29, 1.82) is 0 Å². The molecule has 0 aliphatic carbocycles. The van der Waals surface area contributed by atoms with Crippen molar-refractivity contribution in [2.24, 2.45) is 5.16 Å². The number of rotatable bonds is 4. The highest BCUT2D eigenvalue weighted by molar-refractivity contribution is 7.14. The molecule has 0 saturated carbocycles. The number of oxime groups is 1. The van der Waals surface area contributed by atoms with Crippen LogP contribution in [0.3, 0.4) is 0 Å². The highest BCUT2D eigenvalue weighted by atomic mass is 32.1. The number of hydrogen-bond donors (Lipinski definition) is 1. The number of hydrogen-bond acceptors (Lipinski definition) is 5. The largest absolute Gasteiger partial charge is 0.332 e. The average molecular weight is 302 g/mol. The van der Waals surface area contributed by atoms with Gasteiger partial charge in [-0.05, 0) is 11.4 Å². The van der Waals surface area contributed by atoms with E-state index in [1.807, 2.05) is 41.8 Å². The van der Waals surface area contributed by atoms with E-state index in [0.29, 0.717) is 16.3 Å². The van der Waals surface area contributed by atoms with Crippen LogP contribution in [0, 0.1) is 0 Å². The molecule has 0 radical (unpaired) electrons. The Hall–Kier alpha value is -2.47. The van der Waals surface area contributed by atoms with E-state index in [2.05, 4.69) is 10.5 Å². The molecule has 1 amide bonds. The molecule has 0 fully saturated rings. The normalized spacial score (nSPS) is 11.0. The van der Waals surface area contributed by atoms with E-state index < -0.39 is 5.97 Å². The first kappa shape index (κ1) is 14.9. The van der Waals surface area contributed by atoms with Crippen LogP contribution in [-0.4, -0.2) is 17.6 Å². The van der Waals surface area contributed by atoms with E-state index in [4.69, 9.17) is 4.84 Å². The predicted molar refractivity (Wildman–Crippen MR) is 82.5 cm³/mol. The summed E-state index contributed by atoms with van der Waals surface area (Å²) in [6.45, 7) is 2.73. The molecule has 2 rings (SSSR count). The van der Waals surface area contributed by atoms with E-state index in [0.717, 1.165) is 5.56 Å². The fourth-order valence-electron chi connectivity index (χ4n) is 1.72. The van der Waals surface area contributed by atoms with Gasteiger partial charge in [-0.25, -0.2) is 4.79 Å². The fraction of sp³-hybridized carbons (Fsp3) is 0.133. The average Bonchev–Trinajstić information content (AvgIpc) is 2.87. The third kappa shape index (κ3) is 4.00. The van der Waals surface area contributed by atoms with Gasteiger partial charge >= 0.3 is 5.97 Å². The first-order valence-corrected chi connectivity index (χ1v) is 7.12. The van der Waals surface area contributed by atoms with Crippen molar-refractivity contribution < 1.29 is 14.4 Å². The number of nitrogens with one attached hydrogen (secondary N) is 1. The van der Waals surface area contributed by atoms with E-state index >= 15 is 0 Å².